The Hall–Kier alpha value is -1.01. The van der Waals surface area contributed by atoms with E-state index in [1.165, 1.54) is 11.8 Å². The molecular weight excluding hydrogens is 354 g/mol. The average Bonchev–Trinajstić information content (AvgIpc) is 2.91. The van der Waals surface area contributed by atoms with E-state index >= 15 is 0 Å². The highest BCUT2D eigenvalue weighted by atomic mass is 79.9. The second-order valence-corrected chi connectivity index (χ2v) is 7.05. The number of amides is 1. The van der Waals surface area contributed by atoms with E-state index in [1.807, 2.05) is 31.2 Å². The predicted octanol–water partition coefficient (Wildman–Crippen LogP) is 3.40. The number of aliphatic carboxylic acids is 1. The smallest absolute Gasteiger partial charge is 0.329 e. The zero-order valence-electron chi connectivity index (χ0n) is 11.8. The molecule has 1 aromatic rings. The lowest BCUT2D eigenvalue weighted by atomic mass is 9.93. The number of halogens is 1. The van der Waals surface area contributed by atoms with Gasteiger partial charge in [-0.3, -0.25) is 4.79 Å². The molecule has 1 N–H and O–H groups in total. The van der Waals surface area contributed by atoms with Crippen LogP contribution in [0.2, 0.25) is 0 Å². The molecule has 6 heteroatoms. The first-order chi connectivity index (χ1) is 9.99. The summed E-state index contributed by atoms with van der Waals surface area (Å²) in [6.45, 7) is 2.38. The van der Waals surface area contributed by atoms with Crippen molar-refractivity contribution in [1.82, 2.24) is 4.90 Å². The quantitative estimate of drug-likeness (QED) is 0.805. The van der Waals surface area contributed by atoms with E-state index in [1.54, 1.807) is 4.90 Å². The summed E-state index contributed by atoms with van der Waals surface area (Å²) < 4.78 is 0.994. The fraction of sp³-hybridized carbons (Fsp3) is 0.467. The molecular formula is C15H18BrNO3S. The van der Waals surface area contributed by atoms with Crippen LogP contribution in [0.4, 0.5) is 0 Å². The molecule has 0 saturated carbocycles. The topological polar surface area (TPSA) is 57.6 Å². The van der Waals surface area contributed by atoms with Crippen LogP contribution in [0.1, 0.15) is 26.2 Å². The molecule has 1 amide bonds. The summed E-state index contributed by atoms with van der Waals surface area (Å²) in [5.74, 6) is -0.703. The van der Waals surface area contributed by atoms with E-state index in [0.717, 1.165) is 15.8 Å². The molecule has 1 unspecified atom stereocenters. The Balaban J connectivity index is 2.02. The molecule has 4 nitrogen and oxygen atoms in total. The van der Waals surface area contributed by atoms with Gasteiger partial charge in [-0.15, -0.1) is 11.8 Å². The van der Waals surface area contributed by atoms with Crippen molar-refractivity contribution in [2.75, 3.05) is 12.3 Å². The van der Waals surface area contributed by atoms with Crippen LogP contribution in [-0.4, -0.2) is 39.7 Å². The van der Waals surface area contributed by atoms with Crippen LogP contribution in [0.3, 0.4) is 0 Å². The summed E-state index contributed by atoms with van der Waals surface area (Å²) in [5.41, 5.74) is -1.00. The maximum Gasteiger partial charge on any atom is 0.329 e. The van der Waals surface area contributed by atoms with Gasteiger partial charge in [-0.05, 0) is 43.5 Å². The van der Waals surface area contributed by atoms with E-state index < -0.39 is 11.5 Å². The third kappa shape index (κ3) is 3.43. The first-order valence-corrected chi connectivity index (χ1v) is 8.69. The zero-order valence-corrected chi connectivity index (χ0v) is 14.2. The fourth-order valence-electron chi connectivity index (χ4n) is 2.74. The summed E-state index contributed by atoms with van der Waals surface area (Å²) in [5, 5.41) is 9.49. The van der Waals surface area contributed by atoms with Crippen LogP contribution in [0.15, 0.2) is 33.6 Å². The van der Waals surface area contributed by atoms with Gasteiger partial charge in [0.15, 0.2) is 0 Å². The van der Waals surface area contributed by atoms with Gasteiger partial charge in [0.1, 0.15) is 5.54 Å². The van der Waals surface area contributed by atoms with Gasteiger partial charge in [-0.25, -0.2) is 4.79 Å². The van der Waals surface area contributed by atoms with E-state index in [4.69, 9.17) is 0 Å². The lowest BCUT2D eigenvalue weighted by molar-refractivity contribution is -0.155. The first-order valence-electron chi connectivity index (χ1n) is 6.92. The van der Waals surface area contributed by atoms with Crippen LogP contribution in [0.25, 0.3) is 0 Å². The highest BCUT2D eigenvalue weighted by Crippen LogP contribution is 2.34. The number of nitrogens with zero attached hydrogens (tertiary/aromatic N) is 1. The molecule has 1 atom stereocenters. The van der Waals surface area contributed by atoms with E-state index in [2.05, 4.69) is 15.9 Å². The molecule has 0 radical (unpaired) electrons. The normalized spacial score (nSPS) is 21.5. The van der Waals surface area contributed by atoms with Gasteiger partial charge in [0.2, 0.25) is 5.91 Å². The first kappa shape index (κ1) is 16.4. The third-order valence-electron chi connectivity index (χ3n) is 3.95. The van der Waals surface area contributed by atoms with Crippen molar-refractivity contribution < 1.29 is 14.7 Å². The van der Waals surface area contributed by atoms with Gasteiger partial charge in [-0.1, -0.05) is 22.9 Å². The Kier molecular flexibility index (Phi) is 5.32. The van der Waals surface area contributed by atoms with E-state index in [9.17, 15) is 14.7 Å². The van der Waals surface area contributed by atoms with Gasteiger partial charge in [0.05, 0.1) is 5.75 Å². The molecule has 2 rings (SSSR count). The Labute approximate surface area is 137 Å². The number of rotatable bonds is 5. The summed E-state index contributed by atoms with van der Waals surface area (Å²) in [7, 11) is 0. The number of carbonyl (C=O) groups excluding carboxylic acids is 1. The number of hydrogen-bond acceptors (Lipinski definition) is 3. The number of hydrogen-bond donors (Lipinski definition) is 1. The lowest BCUT2D eigenvalue weighted by Gasteiger charge is -2.33. The molecule has 114 valence electrons. The zero-order chi connectivity index (χ0) is 15.5. The monoisotopic (exact) mass is 371 g/mol. The Bertz CT molecular complexity index is 534. The Morgan fingerprint density at radius 3 is 2.62 bits per heavy atom. The molecule has 1 heterocycles. The van der Waals surface area contributed by atoms with Crippen LogP contribution in [0.5, 0.6) is 0 Å². The van der Waals surface area contributed by atoms with Gasteiger partial charge in [0, 0.05) is 15.9 Å². The molecule has 0 spiro atoms. The van der Waals surface area contributed by atoms with Gasteiger partial charge in [0.25, 0.3) is 0 Å². The highest BCUT2D eigenvalue weighted by Gasteiger charge is 2.48. The second-order valence-electron chi connectivity index (χ2n) is 5.08. The Morgan fingerprint density at radius 1 is 1.38 bits per heavy atom. The number of carbonyl (C=O) groups is 2. The van der Waals surface area contributed by atoms with Gasteiger partial charge >= 0.3 is 5.97 Å². The number of carboxylic acid groups (broad SMARTS) is 1. The molecule has 1 aliphatic rings. The molecule has 1 aromatic carbocycles. The van der Waals surface area contributed by atoms with Gasteiger partial charge < -0.3 is 10.0 Å². The molecule has 1 saturated heterocycles. The Morgan fingerprint density at radius 2 is 2.05 bits per heavy atom. The molecule has 1 fully saturated rings. The fourth-order valence-corrected chi connectivity index (χ4v) is 3.78. The van der Waals surface area contributed by atoms with Crippen molar-refractivity contribution in [3.63, 3.8) is 0 Å². The average molecular weight is 372 g/mol. The largest absolute Gasteiger partial charge is 0.479 e. The summed E-state index contributed by atoms with van der Waals surface area (Å²) in [6, 6.07) is 7.74. The van der Waals surface area contributed by atoms with Crippen LogP contribution < -0.4 is 0 Å². The van der Waals surface area contributed by atoms with Crippen molar-refractivity contribution in [2.45, 2.75) is 36.6 Å². The minimum atomic E-state index is -1.00. The van der Waals surface area contributed by atoms with Gasteiger partial charge in [-0.2, -0.15) is 0 Å². The molecule has 21 heavy (non-hydrogen) atoms. The maximum absolute atomic E-state index is 12.4. The third-order valence-corrected chi connectivity index (χ3v) is 5.47. The molecule has 1 aliphatic heterocycles. The summed E-state index contributed by atoms with van der Waals surface area (Å²) >= 11 is 4.81. The van der Waals surface area contributed by atoms with Crippen molar-refractivity contribution in [3.05, 3.63) is 28.7 Å². The van der Waals surface area contributed by atoms with Crippen LogP contribution in [0, 0.1) is 0 Å². The van der Waals surface area contributed by atoms with E-state index in [0.29, 0.717) is 19.4 Å². The minimum Gasteiger partial charge on any atom is -0.479 e. The van der Waals surface area contributed by atoms with E-state index in [-0.39, 0.29) is 11.7 Å². The highest BCUT2D eigenvalue weighted by molar-refractivity contribution is 9.10. The standard InChI is InChI=1S/C15H18BrNO3S/c1-2-15(14(19)20)8-3-9-17(15)13(18)10-21-12-6-4-11(16)5-7-12/h4-7H,2-3,8-10H2,1H3,(H,19,20). The number of likely N-dealkylation sites (tertiary alicyclic amines) is 1. The van der Waals surface area contributed by atoms with Crippen LogP contribution >= 0.6 is 27.7 Å². The predicted molar refractivity (Wildman–Crippen MR) is 86.5 cm³/mol. The van der Waals surface area contributed by atoms with Crippen molar-refractivity contribution in [1.29, 1.82) is 0 Å². The number of carboxylic acids is 1. The molecule has 0 aliphatic carbocycles. The van der Waals surface area contributed by atoms with Crippen molar-refractivity contribution >= 4 is 39.6 Å². The summed E-state index contributed by atoms with van der Waals surface area (Å²) in [4.78, 5) is 26.5. The van der Waals surface area contributed by atoms with Crippen LogP contribution in [-0.2, 0) is 9.59 Å². The SMILES string of the molecule is CCC1(C(=O)O)CCCN1C(=O)CSc1ccc(Br)cc1. The summed E-state index contributed by atoms with van der Waals surface area (Å²) in [6.07, 6.45) is 1.76. The van der Waals surface area contributed by atoms with Crippen molar-refractivity contribution in [3.8, 4) is 0 Å². The second kappa shape index (κ2) is 6.83. The molecule has 0 bridgehead atoms. The lowest BCUT2D eigenvalue weighted by Crippen LogP contribution is -2.53. The van der Waals surface area contributed by atoms with Crippen molar-refractivity contribution in [2.24, 2.45) is 0 Å². The number of thioether (sulfide) groups is 1. The number of benzene rings is 1. The molecule has 0 aromatic heterocycles. The minimum absolute atomic E-state index is 0.0929. The maximum atomic E-state index is 12.4.